The summed E-state index contributed by atoms with van der Waals surface area (Å²) in [4.78, 5) is 37.7. The van der Waals surface area contributed by atoms with Crippen LogP contribution >= 0.6 is 23.2 Å². The van der Waals surface area contributed by atoms with Crippen LogP contribution in [0.3, 0.4) is 0 Å². The van der Waals surface area contributed by atoms with Gasteiger partial charge in [-0.05, 0) is 37.5 Å². The number of esters is 1. The maximum Gasteiger partial charge on any atom is 0.328 e. The SMILES string of the molecule is COC(=O)C(C)NC(=O)C1CCN(C(=O)C=Cc2ccc(S(C)(=O)=O)c(Cl)c2Cl)CC1. The molecule has 2 rings (SSSR count). The third-order valence-corrected chi connectivity index (χ3v) is 7.12. The Balaban J connectivity index is 1.96. The molecule has 1 aliphatic rings. The van der Waals surface area contributed by atoms with Crippen molar-refractivity contribution in [3.8, 4) is 0 Å². The highest BCUT2D eigenvalue weighted by atomic mass is 35.5. The van der Waals surface area contributed by atoms with Gasteiger partial charge >= 0.3 is 5.97 Å². The van der Waals surface area contributed by atoms with Crippen molar-refractivity contribution in [1.82, 2.24) is 10.2 Å². The molecule has 0 radical (unpaired) electrons. The number of nitrogens with one attached hydrogen (secondary N) is 1. The molecule has 1 unspecified atom stereocenters. The van der Waals surface area contributed by atoms with E-state index in [1.165, 1.54) is 31.4 Å². The van der Waals surface area contributed by atoms with E-state index in [0.717, 1.165) is 6.26 Å². The summed E-state index contributed by atoms with van der Waals surface area (Å²) in [6.45, 7) is 2.32. The monoisotopic (exact) mass is 490 g/mol. The number of piperidine rings is 1. The van der Waals surface area contributed by atoms with Crippen LogP contribution in [0.4, 0.5) is 0 Å². The number of likely N-dealkylation sites (tertiary alicyclic amines) is 1. The Hall–Kier alpha value is -2.10. The van der Waals surface area contributed by atoms with Gasteiger partial charge < -0.3 is 15.0 Å². The molecule has 1 N–H and O–H groups in total. The molecule has 1 fully saturated rings. The normalized spacial score (nSPS) is 16.2. The quantitative estimate of drug-likeness (QED) is 0.483. The molecule has 8 nitrogen and oxygen atoms in total. The summed E-state index contributed by atoms with van der Waals surface area (Å²) in [5, 5.41) is 2.57. The smallest absolute Gasteiger partial charge is 0.328 e. The second-order valence-corrected chi connectivity index (χ2v) is 9.98. The Morgan fingerprint density at radius 2 is 1.81 bits per heavy atom. The zero-order chi connectivity index (χ0) is 23.3. The number of carbonyl (C=O) groups excluding carboxylic acids is 3. The Bertz CT molecular complexity index is 1000. The predicted octanol–water partition coefficient (Wildman–Crippen LogP) is 2.33. The van der Waals surface area contributed by atoms with Gasteiger partial charge in [0.25, 0.3) is 0 Å². The predicted molar refractivity (Wildman–Crippen MR) is 118 cm³/mol. The number of rotatable bonds is 6. The fourth-order valence-corrected chi connectivity index (χ4v) is 4.78. The summed E-state index contributed by atoms with van der Waals surface area (Å²) < 4.78 is 28.0. The van der Waals surface area contributed by atoms with Crippen molar-refractivity contribution in [2.75, 3.05) is 26.5 Å². The molecule has 0 aromatic heterocycles. The zero-order valence-corrected chi connectivity index (χ0v) is 19.7. The van der Waals surface area contributed by atoms with Crippen LogP contribution in [-0.2, 0) is 29.0 Å². The lowest BCUT2D eigenvalue weighted by molar-refractivity contribution is -0.145. The van der Waals surface area contributed by atoms with E-state index in [1.54, 1.807) is 11.8 Å². The first-order chi connectivity index (χ1) is 14.5. The highest BCUT2D eigenvalue weighted by Gasteiger charge is 2.28. The van der Waals surface area contributed by atoms with E-state index in [-0.39, 0.29) is 32.7 Å². The van der Waals surface area contributed by atoms with Crippen LogP contribution in [0.5, 0.6) is 0 Å². The maximum absolute atomic E-state index is 12.5. The molecule has 11 heteroatoms. The van der Waals surface area contributed by atoms with E-state index in [0.29, 0.717) is 31.5 Å². The number of hydrogen-bond donors (Lipinski definition) is 1. The first-order valence-electron chi connectivity index (χ1n) is 9.49. The molecule has 1 saturated heterocycles. The van der Waals surface area contributed by atoms with Crippen LogP contribution in [0, 0.1) is 5.92 Å². The molecule has 31 heavy (non-hydrogen) atoms. The molecule has 0 spiro atoms. The lowest BCUT2D eigenvalue weighted by Gasteiger charge is -2.31. The van der Waals surface area contributed by atoms with Gasteiger partial charge in [-0.2, -0.15) is 0 Å². The molecule has 170 valence electrons. The van der Waals surface area contributed by atoms with Gasteiger partial charge in [0.2, 0.25) is 11.8 Å². The Kier molecular flexibility index (Phi) is 8.50. The fourth-order valence-electron chi connectivity index (χ4n) is 3.16. The van der Waals surface area contributed by atoms with Crippen molar-refractivity contribution < 1.29 is 27.5 Å². The van der Waals surface area contributed by atoms with Crippen LogP contribution in [0.2, 0.25) is 10.0 Å². The highest BCUT2D eigenvalue weighted by Crippen LogP contribution is 2.33. The largest absolute Gasteiger partial charge is 0.467 e. The molecular formula is C20H24Cl2N2O6S. The van der Waals surface area contributed by atoms with E-state index in [4.69, 9.17) is 23.2 Å². The van der Waals surface area contributed by atoms with Crippen LogP contribution in [0.1, 0.15) is 25.3 Å². The summed E-state index contributed by atoms with van der Waals surface area (Å²) in [5.74, 6) is -1.32. The topological polar surface area (TPSA) is 110 Å². The molecule has 0 aliphatic carbocycles. The van der Waals surface area contributed by atoms with Crippen molar-refractivity contribution >= 4 is 56.9 Å². The zero-order valence-electron chi connectivity index (χ0n) is 17.4. The van der Waals surface area contributed by atoms with E-state index < -0.39 is 21.8 Å². The van der Waals surface area contributed by atoms with E-state index in [9.17, 15) is 22.8 Å². The molecule has 2 amide bonds. The Labute approximate surface area is 191 Å². The third kappa shape index (κ3) is 6.44. The molecule has 1 heterocycles. The highest BCUT2D eigenvalue weighted by molar-refractivity contribution is 7.90. The average Bonchev–Trinajstić information content (AvgIpc) is 2.72. The molecule has 1 aromatic carbocycles. The van der Waals surface area contributed by atoms with Gasteiger partial charge in [0.1, 0.15) is 6.04 Å². The number of methoxy groups -OCH3 is 1. The minimum atomic E-state index is -3.52. The van der Waals surface area contributed by atoms with E-state index in [2.05, 4.69) is 10.1 Å². The fraction of sp³-hybridized carbons (Fsp3) is 0.450. The molecule has 0 saturated carbocycles. The summed E-state index contributed by atoms with van der Waals surface area (Å²) in [6, 6.07) is 2.09. The van der Waals surface area contributed by atoms with Gasteiger partial charge in [0.05, 0.1) is 22.1 Å². The lowest BCUT2D eigenvalue weighted by Crippen LogP contribution is -2.46. The lowest BCUT2D eigenvalue weighted by atomic mass is 9.95. The number of hydrogen-bond acceptors (Lipinski definition) is 6. The second-order valence-electron chi connectivity index (χ2n) is 7.24. The number of amides is 2. The third-order valence-electron chi connectivity index (χ3n) is 4.97. The van der Waals surface area contributed by atoms with Gasteiger partial charge in [0, 0.05) is 31.3 Å². The molecular weight excluding hydrogens is 467 g/mol. The van der Waals surface area contributed by atoms with Crippen LogP contribution in [0.15, 0.2) is 23.1 Å². The van der Waals surface area contributed by atoms with Crippen molar-refractivity contribution in [3.05, 3.63) is 33.8 Å². The number of sulfone groups is 1. The summed E-state index contributed by atoms with van der Waals surface area (Å²) >= 11 is 12.2. The first kappa shape index (κ1) is 25.2. The maximum atomic E-state index is 12.5. The summed E-state index contributed by atoms with van der Waals surface area (Å²) in [7, 11) is -2.27. The van der Waals surface area contributed by atoms with Gasteiger partial charge in [-0.3, -0.25) is 9.59 Å². The van der Waals surface area contributed by atoms with Gasteiger partial charge in [-0.25, -0.2) is 13.2 Å². The number of halogens is 2. The van der Waals surface area contributed by atoms with E-state index in [1.807, 2.05) is 0 Å². The van der Waals surface area contributed by atoms with Crippen molar-refractivity contribution in [2.24, 2.45) is 5.92 Å². The first-order valence-corrected chi connectivity index (χ1v) is 12.1. The van der Waals surface area contributed by atoms with Crippen LogP contribution in [0.25, 0.3) is 6.08 Å². The minimum Gasteiger partial charge on any atom is -0.467 e. The van der Waals surface area contributed by atoms with E-state index >= 15 is 0 Å². The average molecular weight is 491 g/mol. The number of ether oxygens (including phenoxy) is 1. The van der Waals surface area contributed by atoms with Gasteiger partial charge in [-0.15, -0.1) is 0 Å². The summed E-state index contributed by atoms with van der Waals surface area (Å²) in [6.07, 6.45) is 4.77. The standard InChI is InChI=1S/C20H24Cl2N2O6S/c1-12(20(27)30-2)23-19(26)14-8-10-24(11-9-14)16(25)7-5-13-4-6-15(31(3,28)29)18(22)17(13)21/h4-7,12,14H,8-11H2,1-3H3,(H,23,26). The molecule has 1 aromatic rings. The van der Waals surface area contributed by atoms with Crippen LogP contribution < -0.4 is 5.32 Å². The van der Waals surface area contributed by atoms with Crippen molar-refractivity contribution in [1.29, 1.82) is 0 Å². The molecule has 1 aliphatic heterocycles. The number of nitrogens with zero attached hydrogens (tertiary/aromatic N) is 1. The van der Waals surface area contributed by atoms with Gasteiger partial charge in [0.15, 0.2) is 9.84 Å². The summed E-state index contributed by atoms with van der Waals surface area (Å²) in [5.41, 5.74) is 0.415. The van der Waals surface area contributed by atoms with Gasteiger partial charge in [-0.1, -0.05) is 29.3 Å². The van der Waals surface area contributed by atoms with Crippen molar-refractivity contribution in [2.45, 2.75) is 30.7 Å². The number of benzene rings is 1. The molecule has 0 bridgehead atoms. The minimum absolute atomic E-state index is 0.0451. The second kappa shape index (κ2) is 10.5. The van der Waals surface area contributed by atoms with Crippen LogP contribution in [-0.4, -0.2) is 63.6 Å². The Morgan fingerprint density at radius 3 is 2.35 bits per heavy atom. The van der Waals surface area contributed by atoms with Crippen molar-refractivity contribution in [3.63, 3.8) is 0 Å². The molecule has 1 atom stereocenters. The Morgan fingerprint density at radius 1 is 1.19 bits per heavy atom. The number of carbonyl (C=O) groups is 3.